The molecule has 2 saturated heterocycles. The van der Waals surface area contributed by atoms with Crippen LogP contribution in [0.1, 0.15) is 44.9 Å². The Hall–Kier alpha value is -1.89. The molecular weight excluding hydrogens is 346 g/mol. The molecule has 146 valence electrons. The van der Waals surface area contributed by atoms with Crippen LogP contribution in [0.5, 0.6) is 0 Å². The Morgan fingerprint density at radius 3 is 2.56 bits per heavy atom. The highest BCUT2D eigenvalue weighted by Gasteiger charge is 2.74. The lowest BCUT2D eigenvalue weighted by Crippen LogP contribution is -2.57. The first-order valence-electron chi connectivity index (χ1n) is 10.3. The van der Waals surface area contributed by atoms with Crippen LogP contribution in [0, 0.1) is 11.8 Å². The third-order valence-corrected chi connectivity index (χ3v) is 7.00. The minimum Gasteiger partial charge on any atom is -0.359 e. The average molecular weight is 373 g/mol. The molecule has 0 aromatic heterocycles. The van der Waals surface area contributed by atoms with Gasteiger partial charge in [0.05, 0.1) is 17.9 Å². The molecule has 2 bridgehead atoms. The van der Waals surface area contributed by atoms with Gasteiger partial charge in [-0.15, -0.1) is 0 Å². The number of rotatable bonds is 4. The van der Waals surface area contributed by atoms with Crippen molar-refractivity contribution >= 4 is 17.7 Å². The van der Waals surface area contributed by atoms with Gasteiger partial charge in [0.25, 0.3) is 0 Å². The molecule has 0 aromatic rings. The van der Waals surface area contributed by atoms with Crippen molar-refractivity contribution in [1.82, 2.24) is 15.5 Å². The molecule has 3 heterocycles. The molecule has 7 heteroatoms. The van der Waals surface area contributed by atoms with Gasteiger partial charge in [-0.25, -0.2) is 0 Å². The second-order valence-corrected chi connectivity index (χ2v) is 8.64. The van der Waals surface area contributed by atoms with Crippen molar-refractivity contribution in [3.05, 3.63) is 12.2 Å². The Morgan fingerprint density at radius 1 is 1.15 bits per heavy atom. The van der Waals surface area contributed by atoms with Crippen molar-refractivity contribution in [3.63, 3.8) is 0 Å². The summed E-state index contributed by atoms with van der Waals surface area (Å²) in [6.07, 6.45) is 10.6. The van der Waals surface area contributed by atoms with E-state index < -0.39 is 29.6 Å². The molecule has 1 spiro atoms. The van der Waals surface area contributed by atoms with Crippen molar-refractivity contribution in [1.29, 1.82) is 0 Å². The number of carbonyl (C=O) groups is 3. The van der Waals surface area contributed by atoms with E-state index in [1.165, 1.54) is 6.42 Å². The molecule has 2 saturated carbocycles. The lowest BCUT2D eigenvalue weighted by molar-refractivity contribution is -0.142. The summed E-state index contributed by atoms with van der Waals surface area (Å²) in [5, 5.41) is 5.86. The van der Waals surface area contributed by atoms with E-state index in [4.69, 9.17) is 4.74 Å². The van der Waals surface area contributed by atoms with Gasteiger partial charge in [0.1, 0.15) is 11.6 Å². The maximum atomic E-state index is 13.4. The van der Waals surface area contributed by atoms with Crippen LogP contribution in [0.4, 0.5) is 0 Å². The zero-order chi connectivity index (χ0) is 18.8. The Balaban J connectivity index is 1.48. The lowest BCUT2D eigenvalue weighted by Gasteiger charge is -2.34. The fraction of sp³-hybridized carbons (Fsp3) is 0.750. The van der Waals surface area contributed by atoms with Gasteiger partial charge in [0.2, 0.25) is 17.7 Å². The highest BCUT2D eigenvalue weighted by Crippen LogP contribution is 2.56. The standard InChI is InChI=1S/C20H27N3O4/c1-21-17(24)14-13-9-10-20(27-13)15(14)19(26)23(12-7-8-12)16(20)18(25)22-11-5-3-2-4-6-11/h9-16H,2-8H2,1H3,(H,21,24)(H,22,25)/t13-,14-,15+,16-,20+/m1/s1. The van der Waals surface area contributed by atoms with Crippen molar-refractivity contribution in [3.8, 4) is 0 Å². The minimum absolute atomic E-state index is 0.0956. The fourth-order valence-corrected chi connectivity index (χ4v) is 5.65. The zero-order valence-corrected chi connectivity index (χ0v) is 15.6. The first kappa shape index (κ1) is 17.2. The largest absolute Gasteiger partial charge is 0.359 e. The second-order valence-electron chi connectivity index (χ2n) is 8.64. The van der Waals surface area contributed by atoms with Crippen LogP contribution < -0.4 is 10.6 Å². The number of likely N-dealkylation sites (tertiary alicyclic amines) is 1. The van der Waals surface area contributed by atoms with Crippen LogP contribution in [0.15, 0.2) is 12.2 Å². The monoisotopic (exact) mass is 373 g/mol. The molecule has 0 aromatic carbocycles. The minimum atomic E-state index is -1.000. The molecule has 0 unspecified atom stereocenters. The summed E-state index contributed by atoms with van der Waals surface area (Å²) < 4.78 is 6.23. The summed E-state index contributed by atoms with van der Waals surface area (Å²) in [6, 6.07) is -0.392. The van der Waals surface area contributed by atoms with Gasteiger partial charge in [0.15, 0.2) is 0 Å². The van der Waals surface area contributed by atoms with Crippen LogP contribution in [0.25, 0.3) is 0 Å². The van der Waals surface area contributed by atoms with Gasteiger partial charge in [-0.3, -0.25) is 14.4 Å². The van der Waals surface area contributed by atoms with E-state index in [1.807, 2.05) is 12.2 Å². The summed E-state index contributed by atoms with van der Waals surface area (Å²) in [5.41, 5.74) is -1.000. The van der Waals surface area contributed by atoms with E-state index in [-0.39, 0.29) is 29.8 Å². The molecule has 3 amide bonds. The predicted octanol–water partition coefficient (Wildman–Crippen LogP) is 0.494. The normalized spacial score (nSPS) is 40.3. The third kappa shape index (κ3) is 2.40. The number of carbonyl (C=O) groups excluding carboxylic acids is 3. The molecule has 5 rings (SSSR count). The molecule has 2 aliphatic carbocycles. The molecule has 7 nitrogen and oxygen atoms in total. The van der Waals surface area contributed by atoms with Gasteiger partial charge in [0, 0.05) is 19.1 Å². The van der Waals surface area contributed by atoms with Crippen molar-refractivity contribution in [2.24, 2.45) is 11.8 Å². The van der Waals surface area contributed by atoms with E-state index in [0.717, 1.165) is 38.5 Å². The number of fused-ring (bicyclic) bond motifs is 1. The fourth-order valence-electron chi connectivity index (χ4n) is 5.65. The number of hydrogen-bond donors (Lipinski definition) is 2. The average Bonchev–Trinajstić information content (AvgIpc) is 3.27. The SMILES string of the molecule is CNC(=O)[C@H]1[C@H]2C(=O)N(C3CC3)[C@H](C(=O)NC3CCCCC3)[C@]23C=C[C@H]1O3. The Kier molecular flexibility index (Phi) is 3.86. The molecule has 0 radical (unpaired) electrons. The summed E-state index contributed by atoms with van der Waals surface area (Å²) >= 11 is 0. The third-order valence-electron chi connectivity index (χ3n) is 7.00. The zero-order valence-electron chi connectivity index (χ0n) is 15.6. The van der Waals surface area contributed by atoms with Gasteiger partial charge in [-0.05, 0) is 25.7 Å². The molecule has 2 N–H and O–H groups in total. The molecule has 27 heavy (non-hydrogen) atoms. The molecule has 5 aliphatic rings. The van der Waals surface area contributed by atoms with Crippen molar-refractivity contribution in [2.45, 2.75) is 74.8 Å². The smallest absolute Gasteiger partial charge is 0.246 e. The predicted molar refractivity (Wildman–Crippen MR) is 96.5 cm³/mol. The van der Waals surface area contributed by atoms with Crippen molar-refractivity contribution < 1.29 is 19.1 Å². The maximum Gasteiger partial charge on any atom is 0.246 e. The molecule has 4 fully saturated rings. The quantitative estimate of drug-likeness (QED) is 0.703. The van der Waals surface area contributed by atoms with Crippen LogP contribution in [-0.2, 0) is 19.1 Å². The Bertz CT molecular complexity index is 712. The molecule has 3 aliphatic heterocycles. The molecule has 5 atom stereocenters. The second kappa shape index (κ2) is 6.06. The summed E-state index contributed by atoms with van der Waals surface area (Å²) in [7, 11) is 1.58. The first-order chi connectivity index (χ1) is 13.1. The highest BCUT2D eigenvalue weighted by molar-refractivity contribution is 6.00. The van der Waals surface area contributed by atoms with Crippen LogP contribution >= 0.6 is 0 Å². The summed E-state index contributed by atoms with van der Waals surface area (Å²) in [5.74, 6) is -1.56. The maximum absolute atomic E-state index is 13.4. The van der Waals surface area contributed by atoms with E-state index in [1.54, 1.807) is 11.9 Å². The van der Waals surface area contributed by atoms with Crippen LogP contribution in [0.3, 0.4) is 0 Å². The van der Waals surface area contributed by atoms with E-state index in [9.17, 15) is 14.4 Å². The van der Waals surface area contributed by atoms with E-state index in [0.29, 0.717) is 0 Å². The number of amides is 3. The van der Waals surface area contributed by atoms with Gasteiger partial charge < -0.3 is 20.3 Å². The van der Waals surface area contributed by atoms with Crippen LogP contribution in [0.2, 0.25) is 0 Å². The number of nitrogens with one attached hydrogen (secondary N) is 2. The van der Waals surface area contributed by atoms with Crippen LogP contribution in [-0.4, -0.2) is 59.5 Å². The summed E-state index contributed by atoms with van der Waals surface area (Å²) in [6.45, 7) is 0. The molecular formula is C20H27N3O4. The first-order valence-corrected chi connectivity index (χ1v) is 10.3. The Morgan fingerprint density at radius 2 is 1.89 bits per heavy atom. The van der Waals surface area contributed by atoms with E-state index >= 15 is 0 Å². The number of nitrogens with zero attached hydrogens (tertiary/aromatic N) is 1. The Labute approximate surface area is 158 Å². The number of hydrogen-bond acceptors (Lipinski definition) is 4. The van der Waals surface area contributed by atoms with Gasteiger partial charge >= 0.3 is 0 Å². The van der Waals surface area contributed by atoms with Gasteiger partial charge in [-0.2, -0.15) is 0 Å². The number of ether oxygens (including phenoxy) is 1. The van der Waals surface area contributed by atoms with Gasteiger partial charge in [-0.1, -0.05) is 31.4 Å². The van der Waals surface area contributed by atoms with E-state index in [2.05, 4.69) is 10.6 Å². The lowest BCUT2D eigenvalue weighted by atomic mass is 9.74. The highest BCUT2D eigenvalue weighted by atomic mass is 16.5. The topological polar surface area (TPSA) is 87.7 Å². The summed E-state index contributed by atoms with van der Waals surface area (Å²) in [4.78, 5) is 40.9. The van der Waals surface area contributed by atoms with Crippen molar-refractivity contribution in [2.75, 3.05) is 7.05 Å².